The molecule has 6 nitrogen and oxygen atoms in total. The minimum atomic E-state index is -0.245. The average molecular weight is 359 g/mol. The van der Waals surface area contributed by atoms with Gasteiger partial charge >= 0.3 is 6.03 Å². The maximum Gasteiger partial charge on any atom is 0.319 e. The minimum absolute atomic E-state index is 0.109. The molecule has 132 valence electrons. The minimum Gasteiger partial charge on any atom is -0.378 e. The Labute approximate surface area is 150 Å². The first-order valence-corrected chi connectivity index (χ1v) is 9.10. The third-order valence-electron chi connectivity index (χ3n) is 3.93. The van der Waals surface area contributed by atoms with E-state index in [2.05, 4.69) is 10.6 Å². The fourth-order valence-electron chi connectivity index (χ4n) is 2.56. The van der Waals surface area contributed by atoms with Gasteiger partial charge in [-0.15, -0.1) is 11.3 Å². The van der Waals surface area contributed by atoms with Gasteiger partial charge < -0.3 is 20.3 Å². The monoisotopic (exact) mass is 359 g/mol. The lowest BCUT2D eigenvalue weighted by Crippen LogP contribution is -2.41. The number of benzene rings is 1. The van der Waals surface area contributed by atoms with Crippen LogP contribution in [0.25, 0.3) is 0 Å². The lowest BCUT2D eigenvalue weighted by molar-refractivity contribution is -0.134. The first-order valence-electron chi connectivity index (χ1n) is 8.22. The second kappa shape index (κ2) is 8.64. The molecule has 0 radical (unpaired) electrons. The van der Waals surface area contributed by atoms with E-state index in [4.69, 9.17) is 4.74 Å². The van der Waals surface area contributed by atoms with Crippen LogP contribution in [0.1, 0.15) is 10.4 Å². The van der Waals surface area contributed by atoms with Gasteiger partial charge in [0.25, 0.3) is 0 Å². The van der Waals surface area contributed by atoms with Crippen LogP contribution in [0.3, 0.4) is 0 Å². The van der Waals surface area contributed by atoms with Gasteiger partial charge in [-0.2, -0.15) is 0 Å². The summed E-state index contributed by atoms with van der Waals surface area (Å²) in [5.41, 5.74) is 1.63. The van der Waals surface area contributed by atoms with Gasteiger partial charge in [-0.1, -0.05) is 18.2 Å². The fraction of sp³-hybridized carbons (Fsp3) is 0.333. The number of hydrogen-bond acceptors (Lipinski definition) is 4. The topological polar surface area (TPSA) is 70.7 Å². The van der Waals surface area contributed by atoms with E-state index in [1.807, 2.05) is 46.7 Å². The third-order valence-corrected chi connectivity index (χ3v) is 4.81. The van der Waals surface area contributed by atoms with Crippen molar-refractivity contribution in [2.24, 2.45) is 0 Å². The molecule has 1 aromatic carbocycles. The molecule has 25 heavy (non-hydrogen) atoms. The lowest BCUT2D eigenvalue weighted by Gasteiger charge is -2.26. The first kappa shape index (κ1) is 17.4. The Morgan fingerprint density at radius 2 is 1.88 bits per heavy atom. The number of hydrogen-bond donors (Lipinski definition) is 2. The standard InChI is InChI=1S/C18H21N3O3S/c22-17(21-7-9-24-10-8-21)12-14-3-5-15(6-4-14)20-18(23)19-13-16-2-1-11-25-16/h1-6,11H,7-10,12-13H2,(H2,19,20,23). The van der Waals surface area contributed by atoms with E-state index in [0.717, 1.165) is 10.4 Å². The predicted molar refractivity (Wildman–Crippen MR) is 97.7 cm³/mol. The highest BCUT2D eigenvalue weighted by molar-refractivity contribution is 7.09. The zero-order valence-corrected chi connectivity index (χ0v) is 14.7. The molecule has 0 saturated carbocycles. The maximum atomic E-state index is 12.2. The molecule has 3 amide bonds. The van der Waals surface area contributed by atoms with Crippen molar-refractivity contribution in [1.29, 1.82) is 0 Å². The van der Waals surface area contributed by atoms with E-state index in [1.54, 1.807) is 11.3 Å². The molecule has 2 N–H and O–H groups in total. The van der Waals surface area contributed by atoms with Crippen molar-refractivity contribution in [3.63, 3.8) is 0 Å². The highest BCUT2D eigenvalue weighted by Crippen LogP contribution is 2.12. The van der Waals surface area contributed by atoms with Crippen LogP contribution in [-0.4, -0.2) is 43.1 Å². The van der Waals surface area contributed by atoms with E-state index < -0.39 is 0 Å². The maximum absolute atomic E-state index is 12.2. The van der Waals surface area contributed by atoms with E-state index >= 15 is 0 Å². The average Bonchev–Trinajstić information content (AvgIpc) is 3.16. The summed E-state index contributed by atoms with van der Waals surface area (Å²) >= 11 is 1.60. The molecular weight excluding hydrogens is 338 g/mol. The summed E-state index contributed by atoms with van der Waals surface area (Å²) in [5, 5.41) is 7.58. The summed E-state index contributed by atoms with van der Waals surface area (Å²) in [5.74, 6) is 0.109. The van der Waals surface area contributed by atoms with Gasteiger partial charge in [0.15, 0.2) is 0 Å². The molecule has 0 aliphatic carbocycles. The van der Waals surface area contributed by atoms with Gasteiger partial charge in [-0.3, -0.25) is 4.79 Å². The molecule has 1 aliphatic heterocycles. The van der Waals surface area contributed by atoms with Crippen molar-refractivity contribution >= 4 is 29.0 Å². The number of rotatable bonds is 5. The molecule has 0 unspecified atom stereocenters. The van der Waals surface area contributed by atoms with Crippen LogP contribution in [0.4, 0.5) is 10.5 Å². The molecule has 7 heteroatoms. The number of nitrogens with one attached hydrogen (secondary N) is 2. The third kappa shape index (κ3) is 5.30. The molecule has 1 aliphatic rings. The van der Waals surface area contributed by atoms with Gasteiger partial charge in [0.1, 0.15) is 0 Å². The highest BCUT2D eigenvalue weighted by atomic mass is 32.1. The Morgan fingerprint density at radius 3 is 2.56 bits per heavy atom. The van der Waals surface area contributed by atoms with Crippen LogP contribution in [0.15, 0.2) is 41.8 Å². The van der Waals surface area contributed by atoms with E-state index in [1.165, 1.54) is 0 Å². The molecule has 0 atom stereocenters. The molecular formula is C18H21N3O3S. The number of anilines is 1. The SMILES string of the molecule is O=C(NCc1cccs1)Nc1ccc(CC(=O)N2CCOCC2)cc1. The Morgan fingerprint density at radius 1 is 1.12 bits per heavy atom. The van der Waals surface area contributed by atoms with Crippen LogP contribution in [0.2, 0.25) is 0 Å². The number of thiophene rings is 1. The normalized spacial score (nSPS) is 14.2. The predicted octanol–water partition coefficient (Wildman–Crippen LogP) is 2.47. The van der Waals surface area contributed by atoms with Crippen molar-refractivity contribution < 1.29 is 14.3 Å². The van der Waals surface area contributed by atoms with Crippen LogP contribution in [0.5, 0.6) is 0 Å². The molecule has 2 heterocycles. The van der Waals surface area contributed by atoms with Crippen molar-refractivity contribution in [1.82, 2.24) is 10.2 Å². The Bertz CT molecular complexity index is 695. The van der Waals surface area contributed by atoms with E-state index in [9.17, 15) is 9.59 Å². The zero-order valence-electron chi connectivity index (χ0n) is 13.9. The second-order valence-corrected chi connectivity index (χ2v) is 6.79. The number of amides is 3. The number of nitrogens with zero attached hydrogens (tertiary/aromatic N) is 1. The number of urea groups is 1. The summed E-state index contributed by atoms with van der Waals surface area (Å²) in [6.07, 6.45) is 0.366. The summed E-state index contributed by atoms with van der Waals surface area (Å²) in [4.78, 5) is 27.0. The molecule has 1 saturated heterocycles. The van der Waals surface area contributed by atoms with Crippen LogP contribution in [0, 0.1) is 0 Å². The Balaban J connectivity index is 1.46. The van der Waals surface area contributed by atoms with Gasteiger partial charge in [-0.25, -0.2) is 4.79 Å². The second-order valence-electron chi connectivity index (χ2n) is 5.75. The highest BCUT2D eigenvalue weighted by Gasteiger charge is 2.16. The smallest absolute Gasteiger partial charge is 0.319 e. The number of ether oxygens (including phenoxy) is 1. The van der Waals surface area contributed by atoms with Crippen molar-refractivity contribution in [2.45, 2.75) is 13.0 Å². The number of carbonyl (C=O) groups excluding carboxylic acids is 2. The summed E-state index contributed by atoms with van der Waals surface area (Å²) in [6, 6.07) is 11.0. The van der Waals surface area contributed by atoms with Gasteiger partial charge in [0.2, 0.25) is 5.91 Å². The Kier molecular flexibility index (Phi) is 6.03. The first-order chi connectivity index (χ1) is 12.2. The molecule has 2 aromatic rings. The zero-order chi connectivity index (χ0) is 17.5. The lowest BCUT2D eigenvalue weighted by atomic mass is 10.1. The van der Waals surface area contributed by atoms with E-state index in [-0.39, 0.29) is 11.9 Å². The largest absolute Gasteiger partial charge is 0.378 e. The molecule has 0 bridgehead atoms. The van der Waals surface area contributed by atoms with Crippen LogP contribution in [-0.2, 0) is 22.5 Å². The summed E-state index contributed by atoms with van der Waals surface area (Å²) < 4.78 is 5.26. The van der Waals surface area contributed by atoms with Crippen LogP contribution >= 0.6 is 11.3 Å². The molecule has 1 fully saturated rings. The van der Waals surface area contributed by atoms with E-state index in [0.29, 0.717) is 45.0 Å². The van der Waals surface area contributed by atoms with Gasteiger partial charge in [-0.05, 0) is 29.1 Å². The Hall–Kier alpha value is -2.38. The van der Waals surface area contributed by atoms with Crippen LogP contribution < -0.4 is 10.6 Å². The molecule has 0 spiro atoms. The van der Waals surface area contributed by atoms with Crippen molar-refractivity contribution in [3.8, 4) is 0 Å². The quantitative estimate of drug-likeness (QED) is 0.862. The van der Waals surface area contributed by atoms with Crippen molar-refractivity contribution in [2.75, 3.05) is 31.6 Å². The fourth-order valence-corrected chi connectivity index (χ4v) is 3.21. The van der Waals surface area contributed by atoms with Gasteiger partial charge in [0, 0.05) is 23.7 Å². The van der Waals surface area contributed by atoms with Gasteiger partial charge in [0.05, 0.1) is 26.2 Å². The summed E-state index contributed by atoms with van der Waals surface area (Å²) in [6.45, 7) is 3.03. The number of morpholine rings is 1. The molecule has 1 aromatic heterocycles. The number of carbonyl (C=O) groups is 2. The summed E-state index contributed by atoms with van der Waals surface area (Å²) in [7, 11) is 0. The molecule has 3 rings (SSSR count). The van der Waals surface area contributed by atoms with Crippen molar-refractivity contribution in [3.05, 3.63) is 52.2 Å².